The van der Waals surface area contributed by atoms with Gasteiger partial charge in [0.25, 0.3) is 0 Å². The van der Waals surface area contributed by atoms with Crippen molar-refractivity contribution in [3.05, 3.63) is 59.7 Å². The van der Waals surface area contributed by atoms with E-state index in [4.69, 9.17) is 21.7 Å². The van der Waals surface area contributed by atoms with Gasteiger partial charge in [0.2, 0.25) is 6.79 Å². The summed E-state index contributed by atoms with van der Waals surface area (Å²) in [4.78, 5) is 3.89. The Morgan fingerprint density at radius 3 is 2.58 bits per heavy atom. The lowest BCUT2D eigenvalue weighted by atomic mass is 10.2. The number of fused-ring (bicyclic) bond motifs is 1. The SMILES string of the molecule is S=C(NCc1ccc2c(c1)OCO2)N1CC[NH+](Cc2ccccc2)CC1. The normalized spacial score (nSPS) is 16.5. The van der Waals surface area contributed by atoms with Gasteiger partial charge in [-0.15, -0.1) is 0 Å². The number of hydrogen-bond acceptors (Lipinski definition) is 3. The molecule has 0 aromatic heterocycles. The second-order valence-corrected chi connectivity index (χ2v) is 7.13. The molecule has 2 aliphatic heterocycles. The molecule has 2 aliphatic rings. The Bertz CT molecular complexity index is 761. The van der Waals surface area contributed by atoms with Crippen LogP contribution in [0, 0.1) is 0 Å². The molecule has 0 bridgehead atoms. The van der Waals surface area contributed by atoms with E-state index in [0.29, 0.717) is 13.3 Å². The standard InChI is InChI=1S/C20H23N3O2S/c26-20(21-13-17-6-7-18-19(12-17)25-15-24-18)23-10-8-22(9-11-23)14-16-4-2-1-3-5-16/h1-7,12H,8-11,13-15H2,(H,21,26)/p+1. The summed E-state index contributed by atoms with van der Waals surface area (Å²) < 4.78 is 10.8. The van der Waals surface area contributed by atoms with Crippen LogP contribution in [0.25, 0.3) is 0 Å². The maximum absolute atomic E-state index is 5.59. The molecule has 6 heteroatoms. The van der Waals surface area contributed by atoms with Crippen molar-refractivity contribution in [3.63, 3.8) is 0 Å². The van der Waals surface area contributed by atoms with Crippen molar-refractivity contribution < 1.29 is 14.4 Å². The van der Waals surface area contributed by atoms with Crippen molar-refractivity contribution >= 4 is 17.3 Å². The van der Waals surface area contributed by atoms with Crippen molar-refractivity contribution in [2.45, 2.75) is 13.1 Å². The summed E-state index contributed by atoms with van der Waals surface area (Å²) >= 11 is 5.59. The van der Waals surface area contributed by atoms with Crippen LogP contribution in [0.5, 0.6) is 11.5 Å². The molecular weight excluding hydrogens is 346 g/mol. The summed E-state index contributed by atoms with van der Waals surface area (Å²) in [5.74, 6) is 1.63. The van der Waals surface area contributed by atoms with Crippen molar-refractivity contribution in [3.8, 4) is 11.5 Å². The van der Waals surface area contributed by atoms with Crippen LogP contribution in [0.4, 0.5) is 0 Å². The second kappa shape index (κ2) is 7.93. The second-order valence-electron chi connectivity index (χ2n) is 6.75. The van der Waals surface area contributed by atoms with Gasteiger partial charge < -0.3 is 24.6 Å². The number of benzene rings is 2. The minimum atomic E-state index is 0.306. The van der Waals surface area contributed by atoms with Gasteiger partial charge in [0.05, 0.1) is 26.2 Å². The number of nitrogens with zero attached hydrogens (tertiary/aromatic N) is 1. The van der Waals surface area contributed by atoms with Gasteiger partial charge in [-0.3, -0.25) is 0 Å². The number of hydrogen-bond donors (Lipinski definition) is 2. The summed E-state index contributed by atoms with van der Waals surface area (Å²) in [7, 11) is 0. The van der Waals surface area contributed by atoms with Gasteiger partial charge in [-0.05, 0) is 29.9 Å². The average molecular weight is 370 g/mol. The van der Waals surface area contributed by atoms with Gasteiger partial charge in [-0.25, -0.2) is 0 Å². The molecule has 0 radical (unpaired) electrons. The fraction of sp³-hybridized carbons (Fsp3) is 0.350. The molecule has 2 aromatic rings. The average Bonchev–Trinajstić information content (AvgIpc) is 3.15. The first kappa shape index (κ1) is 17.1. The van der Waals surface area contributed by atoms with Crippen molar-refractivity contribution in [1.82, 2.24) is 10.2 Å². The number of nitrogens with one attached hydrogen (secondary N) is 2. The third-order valence-electron chi connectivity index (χ3n) is 4.94. The largest absolute Gasteiger partial charge is 0.454 e. The summed E-state index contributed by atoms with van der Waals surface area (Å²) in [6, 6.07) is 16.7. The Kier molecular flexibility index (Phi) is 5.22. The van der Waals surface area contributed by atoms with E-state index in [1.54, 1.807) is 4.90 Å². The topological polar surface area (TPSA) is 38.2 Å². The lowest BCUT2D eigenvalue weighted by Crippen LogP contribution is -3.13. The molecule has 0 atom stereocenters. The van der Waals surface area contributed by atoms with E-state index in [9.17, 15) is 0 Å². The molecule has 1 fully saturated rings. The summed E-state index contributed by atoms with van der Waals surface area (Å²) in [6.45, 7) is 6.31. The quantitative estimate of drug-likeness (QED) is 0.791. The molecule has 0 saturated carbocycles. The minimum Gasteiger partial charge on any atom is -0.454 e. The van der Waals surface area contributed by atoms with E-state index in [0.717, 1.165) is 54.9 Å². The lowest BCUT2D eigenvalue weighted by molar-refractivity contribution is -0.917. The highest BCUT2D eigenvalue weighted by Gasteiger charge is 2.22. The van der Waals surface area contributed by atoms with Gasteiger partial charge in [-0.1, -0.05) is 36.4 Å². The fourth-order valence-corrected chi connectivity index (χ4v) is 3.68. The third-order valence-corrected chi connectivity index (χ3v) is 5.34. The molecule has 0 aliphatic carbocycles. The Labute approximate surface area is 159 Å². The van der Waals surface area contributed by atoms with Crippen LogP contribution >= 0.6 is 12.2 Å². The molecule has 2 N–H and O–H groups in total. The molecule has 0 amide bonds. The first-order valence-electron chi connectivity index (χ1n) is 9.07. The summed E-state index contributed by atoms with van der Waals surface area (Å²) in [5, 5.41) is 4.21. The van der Waals surface area contributed by atoms with Gasteiger partial charge >= 0.3 is 0 Å². The zero-order valence-electron chi connectivity index (χ0n) is 14.7. The van der Waals surface area contributed by atoms with Gasteiger partial charge in [0, 0.05) is 12.1 Å². The molecular formula is C20H24N3O2S+. The minimum absolute atomic E-state index is 0.306. The van der Waals surface area contributed by atoms with E-state index < -0.39 is 0 Å². The molecule has 26 heavy (non-hydrogen) atoms. The lowest BCUT2D eigenvalue weighted by Gasteiger charge is -2.34. The molecule has 0 spiro atoms. The van der Waals surface area contributed by atoms with Gasteiger partial charge in [-0.2, -0.15) is 0 Å². The number of ether oxygens (including phenoxy) is 2. The molecule has 5 nitrogen and oxygen atoms in total. The molecule has 2 aromatic carbocycles. The fourth-order valence-electron chi connectivity index (χ4n) is 3.43. The van der Waals surface area contributed by atoms with Crippen LogP contribution in [-0.4, -0.2) is 43.0 Å². The predicted octanol–water partition coefficient (Wildman–Crippen LogP) is 1.19. The maximum Gasteiger partial charge on any atom is 0.231 e. The Morgan fingerprint density at radius 1 is 1.00 bits per heavy atom. The maximum atomic E-state index is 5.59. The first-order chi connectivity index (χ1) is 12.8. The van der Waals surface area contributed by atoms with Crippen molar-refractivity contribution in [1.29, 1.82) is 0 Å². The van der Waals surface area contributed by atoms with Crippen LogP contribution in [0.15, 0.2) is 48.5 Å². The molecule has 4 rings (SSSR count). The van der Waals surface area contributed by atoms with Crippen LogP contribution in [0.3, 0.4) is 0 Å². The molecule has 2 heterocycles. The highest BCUT2D eigenvalue weighted by Crippen LogP contribution is 2.32. The number of thiocarbonyl (C=S) groups is 1. The first-order valence-corrected chi connectivity index (χ1v) is 9.47. The number of piperazine rings is 1. The zero-order chi connectivity index (χ0) is 17.8. The van der Waals surface area contributed by atoms with E-state index in [2.05, 4.69) is 40.5 Å². The monoisotopic (exact) mass is 370 g/mol. The molecule has 1 saturated heterocycles. The van der Waals surface area contributed by atoms with E-state index in [1.807, 2.05) is 18.2 Å². The van der Waals surface area contributed by atoms with Crippen LogP contribution in [0.1, 0.15) is 11.1 Å². The van der Waals surface area contributed by atoms with Crippen LogP contribution in [-0.2, 0) is 13.1 Å². The highest BCUT2D eigenvalue weighted by atomic mass is 32.1. The van der Waals surface area contributed by atoms with E-state index >= 15 is 0 Å². The summed E-state index contributed by atoms with van der Waals surface area (Å²) in [5.41, 5.74) is 2.55. The van der Waals surface area contributed by atoms with E-state index in [1.165, 1.54) is 5.56 Å². The third kappa shape index (κ3) is 4.08. The predicted molar refractivity (Wildman–Crippen MR) is 104 cm³/mol. The summed E-state index contributed by atoms with van der Waals surface area (Å²) in [6.07, 6.45) is 0. The molecule has 136 valence electrons. The Balaban J connectivity index is 1.23. The molecule has 0 unspecified atom stereocenters. The Morgan fingerprint density at radius 2 is 1.77 bits per heavy atom. The number of quaternary nitrogens is 1. The van der Waals surface area contributed by atoms with Gasteiger partial charge in [0.1, 0.15) is 6.54 Å². The van der Waals surface area contributed by atoms with Crippen molar-refractivity contribution in [2.24, 2.45) is 0 Å². The van der Waals surface area contributed by atoms with Crippen LogP contribution in [0.2, 0.25) is 0 Å². The van der Waals surface area contributed by atoms with Crippen LogP contribution < -0.4 is 19.7 Å². The zero-order valence-corrected chi connectivity index (χ0v) is 15.6. The van der Waals surface area contributed by atoms with Crippen molar-refractivity contribution in [2.75, 3.05) is 33.0 Å². The Hall–Kier alpha value is -2.31. The van der Waals surface area contributed by atoms with E-state index in [-0.39, 0.29) is 0 Å². The smallest absolute Gasteiger partial charge is 0.231 e. The number of rotatable bonds is 4. The van der Waals surface area contributed by atoms with Gasteiger partial charge in [0.15, 0.2) is 16.6 Å². The highest BCUT2D eigenvalue weighted by molar-refractivity contribution is 7.80.